The van der Waals surface area contributed by atoms with E-state index in [0.717, 1.165) is 5.92 Å². The summed E-state index contributed by atoms with van der Waals surface area (Å²) >= 11 is 0. The van der Waals surface area contributed by atoms with Gasteiger partial charge in [-0.3, -0.25) is 9.59 Å². The lowest BCUT2D eigenvalue weighted by molar-refractivity contribution is -0.140. The first kappa shape index (κ1) is 9.98. The van der Waals surface area contributed by atoms with Crippen LogP contribution in [0.1, 0.15) is 6.42 Å². The normalized spacial score (nSPS) is 22.2. The lowest BCUT2D eigenvalue weighted by Gasteiger charge is -2.33. The van der Waals surface area contributed by atoms with Gasteiger partial charge in [-0.2, -0.15) is 0 Å². The van der Waals surface area contributed by atoms with E-state index in [1.807, 2.05) is 0 Å². The fraction of sp³-hybridized carbons (Fsp3) is 0.625. The van der Waals surface area contributed by atoms with Crippen LogP contribution in [0.5, 0.6) is 0 Å². The minimum atomic E-state index is -0.649. The van der Waals surface area contributed by atoms with Crippen molar-refractivity contribution in [1.29, 1.82) is 0 Å². The molecule has 1 fully saturated rings. The summed E-state index contributed by atoms with van der Waals surface area (Å²) in [6.07, 6.45) is -0.399. The Morgan fingerprint density at radius 2 is 2.23 bits per heavy atom. The molecule has 1 aliphatic heterocycles. The highest BCUT2D eigenvalue weighted by Crippen LogP contribution is 2.26. The predicted molar refractivity (Wildman–Crippen MR) is 45.5 cm³/mol. The van der Waals surface area contributed by atoms with Gasteiger partial charge in [0.25, 0.3) is 0 Å². The van der Waals surface area contributed by atoms with Crippen molar-refractivity contribution in [3.63, 3.8) is 0 Å². The molecule has 1 radical (unpaired) electrons. The van der Waals surface area contributed by atoms with Crippen molar-refractivity contribution in [2.75, 3.05) is 20.7 Å². The molecule has 13 heavy (non-hydrogen) atoms. The van der Waals surface area contributed by atoms with Crippen LogP contribution in [-0.2, 0) is 14.3 Å². The number of hydrogen-bond acceptors (Lipinski definition) is 3. The highest BCUT2D eigenvalue weighted by Gasteiger charge is 2.38. The average Bonchev–Trinajstić information content (AvgIpc) is 1.95. The van der Waals surface area contributed by atoms with Crippen molar-refractivity contribution < 1.29 is 14.3 Å². The first-order chi connectivity index (χ1) is 6.02. The maximum absolute atomic E-state index is 11.2. The van der Waals surface area contributed by atoms with Crippen LogP contribution < -0.4 is 5.73 Å². The monoisotopic (exact) mass is 185 g/mol. The third-order valence-electron chi connectivity index (χ3n) is 1.94. The van der Waals surface area contributed by atoms with Gasteiger partial charge in [0.1, 0.15) is 6.10 Å². The van der Waals surface area contributed by atoms with Crippen LogP contribution in [0, 0.1) is 5.92 Å². The molecule has 5 nitrogen and oxygen atoms in total. The van der Waals surface area contributed by atoms with Gasteiger partial charge in [-0.15, -0.1) is 0 Å². The number of rotatable bonds is 3. The molecule has 0 bridgehead atoms. The zero-order valence-electron chi connectivity index (χ0n) is 7.74. The second-order valence-electron chi connectivity index (χ2n) is 3.22. The molecule has 0 aromatic heterocycles. The van der Waals surface area contributed by atoms with Crippen LogP contribution in [0.3, 0.4) is 0 Å². The molecule has 1 unspecified atom stereocenters. The number of ether oxygens (including phenoxy) is 1. The summed E-state index contributed by atoms with van der Waals surface area (Å²) in [6, 6.07) is 0. The van der Waals surface area contributed by atoms with E-state index in [2.05, 4.69) is 0 Å². The van der Waals surface area contributed by atoms with Crippen molar-refractivity contribution in [3.8, 4) is 0 Å². The van der Waals surface area contributed by atoms with Crippen molar-refractivity contribution in [2.45, 2.75) is 12.5 Å². The van der Waals surface area contributed by atoms with Gasteiger partial charge in [0, 0.05) is 26.4 Å². The average molecular weight is 185 g/mol. The van der Waals surface area contributed by atoms with Crippen molar-refractivity contribution in [2.24, 2.45) is 5.73 Å². The zero-order chi connectivity index (χ0) is 10.0. The Labute approximate surface area is 76.8 Å². The fourth-order valence-corrected chi connectivity index (χ4v) is 1.06. The molecule has 1 saturated heterocycles. The molecule has 0 saturated carbocycles. The summed E-state index contributed by atoms with van der Waals surface area (Å²) < 4.78 is 4.90. The summed E-state index contributed by atoms with van der Waals surface area (Å²) in [7, 11) is 3.34. The van der Waals surface area contributed by atoms with Crippen LogP contribution >= 0.6 is 0 Å². The molecule has 73 valence electrons. The van der Waals surface area contributed by atoms with Crippen LogP contribution in [0.15, 0.2) is 0 Å². The number of amides is 2. The molecule has 1 heterocycles. The SMILES string of the molecule is CN(C)C(=O)C[C]1COC1C(N)=O. The van der Waals surface area contributed by atoms with Gasteiger partial charge in [0.05, 0.1) is 6.61 Å². The van der Waals surface area contributed by atoms with Gasteiger partial charge in [0.2, 0.25) is 11.8 Å². The summed E-state index contributed by atoms with van der Waals surface area (Å²) in [4.78, 5) is 23.4. The minimum Gasteiger partial charge on any atom is -0.367 e. The summed E-state index contributed by atoms with van der Waals surface area (Å²) in [5.41, 5.74) is 5.03. The van der Waals surface area contributed by atoms with E-state index in [9.17, 15) is 9.59 Å². The van der Waals surface area contributed by atoms with E-state index < -0.39 is 12.0 Å². The summed E-state index contributed by atoms with van der Waals surface area (Å²) in [5, 5.41) is 0. The minimum absolute atomic E-state index is 0.0375. The Bertz CT molecular complexity index is 227. The van der Waals surface area contributed by atoms with Gasteiger partial charge < -0.3 is 15.4 Å². The largest absolute Gasteiger partial charge is 0.367 e. The number of carbonyl (C=O) groups is 2. The Morgan fingerprint density at radius 3 is 2.54 bits per heavy atom. The van der Waals surface area contributed by atoms with Gasteiger partial charge in [-0.05, 0) is 0 Å². The van der Waals surface area contributed by atoms with E-state index in [0.29, 0.717) is 6.61 Å². The zero-order valence-corrected chi connectivity index (χ0v) is 7.74. The van der Waals surface area contributed by atoms with E-state index in [-0.39, 0.29) is 12.3 Å². The number of nitrogens with two attached hydrogens (primary N) is 1. The number of primary amides is 1. The molecule has 2 amide bonds. The molecular weight excluding hydrogens is 172 g/mol. The molecule has 0 aliphatic carbocycles. The second-order valence-corrected chi connectivity index (χ2v) is 3.22. The maximum Gasteiger partial charge on any atom is 0.247 e. The highest BCUT2D eigenvalue weighted by atomic mass is 16.5. The lowest BCUT2D eigenvalue weighted by Crippen LogP contribution is -2.48. The van der Waals surface area contributed by atoms with E-state index >= 15 is 0 Å². The first-order valence-corrected chi connectivity index (χ1v) is 3.98. The first-order valence-electron chi connectivity index (χ1n) is 3.98. The number of carbonyl (C=O) groups excluding carboxylic acids is 2. The van der Waals surface area contributed by atoms with Crippen molar-refractivity contribution in [1.82, 2.24) is 4.90 Å². The Morgan fingerprint density at radius 1 is 1.62 bits per heavy atom. The van der Waals surface area contributed by atoms with Gasteiger partial charge in [0.15, 0.2) is 0 Å². The molecule has 0 aromatic carbocycles. The Balaban J connectivity index is 2.38. The molecule has 2 N–H and O–H groups in total. The molecule has 1 atom stereocenters. The van der Waals surface area contributed by atoms with Crippen LogP contribution in [0.2, 0.25) is 0 Å². The quantitative estimate of drug-likeness (QED) is 0.608. The van der Waals surface area contributed by atoms with Gasteiger partial charge in [-0.1, -0.05) is 0 Å². The summed E-state index contributed by atoms with van der Waals surface area (Å²) in [5.74, 6) is 0.212. The highest BCUT2D eigenvalue weighted by molar-refractivity contribution is 5.86. The van der Waals surface area contributed by atoms with Gasteiger partial charge >= 0.3 is 0 Å². The van der Waals surface area contributed by atoms with Crippen LogP contribution in [-0.4, -0.2) is 43.5 Å². The third-order valence-corrected chi connectivity index (χ3v) is 1.94. The molecule has 0 spiro atoms. The lowest BCUT2D eigenvalue weighted by atomic mass is 9.93. The van der Waals surface area contributed by atoms with Crippen LogP contribution in [0.25, 0.3) is 0 Å². The van der Waals surface area contributed by atoms with Gasteiger partial charge in [-0.25, -0.2) is 0 Å². The standard InChI is InChI=1S/C8H13N2O3/c1-10(2)6(11)3-5-4-13-7(5)8(9)12/h7H,3-4H2,1-2H3,(H2,9,12). The van der Waals surface area contributed by atoms with E-state index in [4.69, 9.17) is 10.5 Å². The van der Waals surface area contributed by atoms with E-state index in [1.165, 1.54) is 4.90 Å². The molecular formula is C8H13N2O3. The fourth-order valence-electron chi connectivity index (χ4n) is 1.06. The van der Waals surface area contributed by atoms with Crippen LogP contribution in [0.4, 0.5) is 0 Å². The second kappa shape index (κ2) is 3.74. The number of hydrogen-bond donors (Lipinski definition) is 1. The third kappa shape index (κ3) is 2.18. The van der Waals surface area contributed by atoms with Crippen molar-refractivity contribution >= 4 is 11.8 Å². The molecule has 0 aromatic rings. The Kier molecular flexibility index (Phi) is 2.87. The van der Waals surface area contributed by atoms with Crippen molar-refractivity contribution in [3.05, 3.63) is 5.92 Å². The summed E-state index contributed by atoms with van der Waals surface area (Å²) in [6.45, 7) is 0.368. The molecule has 1 aliphatic rings. The molecule has 1 rings (SSSR count). The molecule has 5 heteroatoms. The topological polar surface area (TPSA) is 72.6 Å². The van der Waals surface area contributed by atoms with E-state index in [1.54, 1.807) is 14.1 Å². The maximum atomic E-state index is 11.2. The smallest absolute Gasteiger partial charge is 0.247 e. The predicted octanol–water partition coefficient (Wildman–Crippen LogP) is -1.08. The number of nitrogens with zero attached hydrogens (tertiary/aromatic N) is 1. The Hall–Kier alpha value is -1.10.